The van der Waals surface area contributed by atoms with Crippen molar-refractivity contribution in [3.8, 4) is 0 Å². The van der Waals surface area contributed by atoms with E-state index in [2.05, 4.69) is 27.1 Å². The molecule has 11 heteroatoms. The van der Waals surface area contributed by atoms with Gasteiger partial charge in [-0.25, -0.2) is 9.67 Å². The Morgan fingerprint density at radius 3 is 2.53 bits per heavy atom. The topological polar surface area (TPSA) is 138 Å². The molecule has 1 aromatic heterocycles. The van der Waals surface area contributed by atoms with Crippen LogP contribution in [0.5, 0.6) is 0 Å². The van der Waals surface area contributed by atoms with Crippen LogP contribution in [0.1, 0.15) is 86.8 Å². The summed E-state index contributed by atoms with van der Waals surface area (Å²) in [6.45, 7) is 6.77. The molecule has 4 amide bonds. The zero-order valence-corrected chi connectivity index (χ0v) is 27.8. The van der Waals surface area contributed by atoms with Gasteiger partial charge in [0.25, 0.3) is 0 Å². The SMILES string of the molecule is CC[C@H](C)[C@@H]1NC(=O)CCCN(C(=O)CCC(=O)Nc2ccc3c(c2)CCC3)CCn2nc(C)nc2[C@H](Cc2ccccc2)NC1=O. The first-order valence-electron chi connectivity index (χ1n) is 16.9. The molecule has 11 nitrogen and oxygen atoms in total. The number of aromatic nitrogens is 3. The van der Waals surface area contributed by atoms with E-state index in [-0.39, 0.29) is 48.8 Å². The number of fused-ring (bicyclic) bond motifs is 2. The molecule has 3 aromatic rings. The summed E-state index contributed by atoms with van der Waals surface area (Å²) >= 11 is 0. The van der Waals surface area contributed by atoms with E-state index in [1.165, 1.54) is 11.1 Å². The predicted octanol–water partition coefficient (Wildman–Crippen LogP) is 4.05. The van der Waals surface area contributed by atoms with Gasteiger partial charge in [0.15, 0.2) is 0 Å². The van der Waals surface area contributed by atoms with Gasteiger partial charge in [0, 0.05) is 38.0 Å². The van der Waals surface area contributed by atoms with Crippen molar-refractivity contribution in [1.82, 2.24) is 30.3 Å². The highest BCUT2D eigenvalue weighted by molar-refractivity contribution is 5.93. The molecule has 0 unspecified atom stereocenters. The van der Waals surface area contributed by atoms with Crippen molar-refractivity contribution in [2.24, 2.45) is 5.92 Å². The standard InChI is InChI=1S/C36H47N7O4/c1-4-24(2)34-36(47)39-30(22-26-10-6-5-7-11-26)35-37-25(3)41-43(35)21-20-42(19-9-14-31(44)40-34)33(46)18-17-32(45)38-29-16-15-27-12-8-13-28(27)23-29/h5-7,10-11,15-16,23-24,30,34H,4,8-9,12-14,17-22H2,1-3H3,(H,38,45)(H,39,47)(H,40,44)/t24-,30-,34-/m0/s1. The van der Waals surface area contributed by atoms with E-state index in [9.17, 15) is 19.2 Å². The smallest absolute Gasteiger partial charge is 0.243 e. The zero-order valence-electron chi connectivity index (χ0n) is 27.8. The molecule has 2 aromatic carbocycles. The van der Waals surface area contributed by atoms with Gasteiger partial charge in [-0.15, -0.1) is 0 Å². The van der Waals surface area contributed by atoms with Gasteiger partial charge in [-0.1, -0.05) is 56.7 Å². The van der Waals surface area contributed by atoms with E-state index in [1.54, 1.807) is 16.5 Å². The summed E-state index contributed by atoms with van der Waals surface area (Å²) in [7, 11) is 0. The summed E-state index contributed by atoms with van der Waals surface area (Å²) in [6, 6.07) is 14.7. The third kappa shape index (κ3) is 9.05. The highest BCUT2D eigenvalue weighted by Gasteiger charge is 2.31. The summed E-state index contributed by atoms with van der Waals surface area (Å²) in [6.07, 6.45) is 5.12. The summed E-state index contributed by atoms with van der Waals surface area (Å²) in [5.74, 6) is 0.200. The van der Waals surface area contributed by atoms with Crippen molar-refractivity contribution in [3.05, 3.63) is 76.9 Å². The summed E-state index contributed by atoms with van der Waals surface area (Å²) in [4.78, 5) is 59.5. The molecule has 0 saturated heterocycles. The second-order valence-electron chi connectivity index (χ2n) is 12.8. The maximum atomic E-state index is 13.7. The fourth-order valence-corrected chi connectivity index (χ4v) is 6.42. The maximum absolute atomic E-state index is 13.7. The largest absolute Gasteiger partial charge is 0.344 e. The van der Waals surface area contributed by atoms with Gasteiger partial charge in [-0.3, -0.25) is 19.2 Å². The third-order valence-electron chi connectivity index (χ3n) is 9.24. The van der Waals surface area contributed by atoms with Crippen molar-refractivity contribution in [1.29, 1.82) is 0 Å². The number of aryl methyl sites for hydroxylation is 3. The van der Waals surface area contributed by atoms with Crippen LogP contribution in [-0.2, 0) is 45.0 Å². The Morgan fingerprint density at radius 2 is 1.74 bits per heavy atom. The van der Waals surface area contributed by atoms with Crippen LogP contribution in [0, 0.1) is 12.8 Å². The van der Waals surface area contributed by atoms with Gasteiger partial charge in [0.1, 0.15) is 17.7 Å². The van der Waals surface area contributed by atoms with Crippen LogP contribution in [0.25, 0.3) is 0 Å². The van der Waals surface area contributed by atoms with Crippen molar-refractivity contribution in [3.63, 3.8) is 0 Å². The molecule has 5 rings (SSSR count). The lowest BCUT2D eigenvalue weighted by molar-refractivity contribution is -0.133. The Bertz CT molecular complexity index is 1570. The lowest BCUT2D eigenvalue weighted by Gasteiger charge is -2.28. The first-order valence-corrected chi connectivity index (χ1v) is 16.9. The number of nitrogens with zero attached hydrogens (tertiary/aromatic N) is 4. The first kappa shape index (κ1) is 33.8. The number of anilines is 1. The Morgan fingerprint density at radius 1 is 0.957 bits per heavy atom. The van der Waals surface area contributed by atoms with Crippen LogP contribution in [0.15, 0.2) is 48.5 Å². The van der Waals surface area contributed by atoms with E-state index in [4.69, 9.17) is 4.98 Å². The Balaban J connectivity index is 1.33. The van der Waals surface area contributed by atoms with Crippen LogP contribution < -0.4 is 16.0 Å². The van der Waals surface area contributed by atoms with Gasteiger partial charge in [-0.2, -0.15) is 5.10 Å². The number of rotatable bonds is 8. The van der Waals surface area contributed by atoms with E-state index >= 15 is 0 Å². The van der Waals surface area contributed by atoms with Crippen LogP contribution >= 0.6 is 0 Å². The lowest BCUT2D eigenvalue weighted by Crippen LogP contribution is -2.51. The second-order valence-corrected chi connectivity index (χ2v) is 12.8. The Labute approximate surface area is 276 Å². The Kier molecular flexibility index (Phi) is 11.4. The number of benzene rings is 2. The number of nitrogens with one attached hydrogen (secondary N) is 3. The van der Waals surface area contributed by atoms with Gasteiger partial charge >= 0.3 is 0 Å². The summed E-state index contributed by atoms with van der Waals surface area (Å²) in [5, 5.41) is 13.7. The predicted molar refractivity (Wildman–Crippen MR) is 179 cm³/mol. The molecule has 0 spiro atoms. The quantitative estimate of drug-likeness (QED) is 0.339. The lowest BCUT2D eigenvalue weighted by atomic mass is 9.97. The van der Waals surface area contributed by atoms with E-state index in [0.717, 1.165) is 30.5 Å². The molecule has 0 radical (unpaired) electrons. The Hall–Kier alpha value is -4.54. The normalized spacial score (nSPS) is 19.5. The van der Waals surface area contributed by atoms with Crippen LogP contribution in [0.3, 0.4) is 0 Å². The maximum Gasteiger partial charge on any atom is 0.243 e. The minimum absolute atomic E-state index is 0.0506. The molecule has 0 bridgehead atoms. The zero-order chi connectivity index (χ0) is 33.3. The molecular weight excluding hydrogens is 594 g/mol. The number of amides is 4. The van der Waals surface area contributed by atoms with E-state index < -0.39 is 12.1 Å². The third-order valence-corrected chi connectivity index (χ3v) is 9.24. The van der Waals surface area contributed by atoms with Gasteiger partial charge < -0.3 is 20.9 Å². The highest BCUT2D eigenvalue weighted by atomic mass is 16.2. The van der Waals surface area contributed by atoms with Crippen LogP contribution in [0.4, 0.5) is 5.69 Å². The fraction of sp³-hybridized carbons (Fsp3) is 0.500. The van der Waals surface area contributed by atoms with Crippen molar-refractivity contribution >= 4 is 29.3 Å². The molecule has 3 N–H and O–H groups in total. The molecule has 3 atom stereocenters. The van der Waals surface area contributed by atoms with Gasteiger partial charge in [0.05, 0.1) is 12.6 Å². The first-order chi connectivity index (χ1) is 22.7. The van der Waals surface area contributed by atoms with Crippen molar-refractivity contribution in [2.75, 3.05) is 18.4 Å². The molecular formula is C36H47N7O4. The summed E-state index contributed by atoms with van der Waals surface area (Å²) in [5.41, 5.74) is 4.39. The van der Waals surface area contributed by atoms with Crippen molar-refractivity contribution < 1.29 is 19.2 Å². The number of carbonyl (C=O) groups is 4. The van der Waals surface area contributed by atoms with Crippen molar-refractivity contribution in [2.45, 2.75) is 97.2 Å². The van der Waals surface area contributed by atoms with E-state index in [0.29, 0.717) is 50.5 Å². The number of hydrogen-bond donors (Lipinski definition) is 3. The minimum atomic E-state index is -0.715. The molecule has 2 heterocycles. The molecule has 0 saturated carbocycles. The molecule has 250 valence electrons. The summed E-state index contributed by atoms with van der Waals surface area (Å²) < 4.78 is 1.77. The van der Waals surface area contributed by atoms with E-state index in [1.807, 2.05) is 56.3 Å². The van der Waals surface area contributed by atoms with Gasteiger partial charge in [0.2, 0.25) is 23.6 Å². The molecule has 0 fully saturated rings. The molecule has 1 aliphatic heterocycles. The fourth-order valence-electron chi connectivity index (χ4n) is 6.42. The highest BCUT2D eigenvalue weighted by Crippen LogP contribution is 2.25. The average molecular weight is 642 g/mol. The van der Waals surface area contributed by atoms with Crippen LogP contribution in [-0.4, -0.2) is 62.4 Å². The second kappa shape index (κ2) is 15.8. The average Bonchev–Trinajstić information content (AvgIpc) is 3.69. The number of hydrogen-bond acceptors (Lipinski definition) is 6. The number of carbonyl (C=O) groups excluding carboxylic acids is 4. The van der Waals surface area contributed by atoms with Gasteiger partial charge in [-0.05, 0) is 73.8 Å². The molecule has 2 aliphatic rings. The molecule has 47 heavy (non-hydrogen) atoms. The van der Waals surface area contributed by atoms with Crippen LogP contribution in [0.2, 0.25) is 0 Å². The molecule has 1 aliphatic carbocycles. The minimum Gasteiger partial charge on any atom is -0.344 e. The monoisotopic (exact) mass is 641 g/mol.